The van der Waals surface area contributed by atoms with Crippen LogP contribution in [0.1, 0.15) is 21.9 Å². The first-order valence-corrected chi connectivity index (χ1v) is 9.44. The van der Waals surface area contributed by atoms with Crippen molar-refractivity contribution >= 4 is 35.6 Å². The zero-order chi connectivity index (χ0) is 18.4. The molecule has 1 fully saturated rings. The number of amides is 2. The number of thiazole rings is 1. The molecule has 1 saturated heterocycles. The van der Waals surface area contributed by atoms with Crippen LogP contribution in [-0.4, -0.2) is 54.0 Å². The molecule has 1 atom stereocenters. The number of carbonyl (C=O) groups excluding carboxylic acids is 2. The lowest BCUT2D eigenvalue weighted by Crippen LogP contribution is -2.38. The first-order valence-electron chi connectivity index (χ1n) is 8.56. The van der Waals surface area contributed by atoms with E-state index >= 15 is 0 Å². The second kappa shape index (κ2) is 10.2. The number of rotatable bonds is 8. The Kier molecular flexibility index (Phi) is 8.02. The summed E-state index contributed by atoms with van der Waals surface area (Å²) in [6, 6.07) is 9.28. The molecule has 3 N–H and O–H groups in total. The van der Waals surface area contributed by atoms with Crippen LogP contribution in [0.4, 0.5) is 0 Å². The zero-order valence-electron chi connectivity index (χ0n) is 14.8. The van der Waals surface area contributed by atoms with Crippen molar-refractivity contribution < 1.29 is 14.3 Å². The Labute approximate surface area is 168 Å². The molecule has 1 aromatic carbocycles. The van der Waals surface area contributed by atoms with Gasteiger partial charge in [0, 0.05) is 24.8 Å². The second-order valence-corrected chi connectivity index (χ2v) is 6.98. The molecule has 7 nitrogen and oxygen atoms in total. The van der Waals surface area contributed by atoms with Gasteiger partial charge in [0.05, 0.1) is 17.6 Å². The van der Waals surface area contributed by atoms with Crippen LogP contribution in [0.3, 0.4) is 0 Å². The first kappa shape index (κ1) is 21.1. The number of nitrogens with two attached hydrogens (primary N) is 1. The van der Waals surface area contributed by atoms with E-state index in [4.69, 9.17) is 10.5 Å². The fraction of sp³-hybridized carbons (Fsp3) is 0.389. The molecule has 3 rings (SSSR count). The van der Waals surface area contributed by atoms with Crippen LogP contribution in [0.15, 0.2) is 35.7 Å². The summed E-state index contributed by atoms with van der Waals surface area (Å²) in [6.07, 6.45) is 0.964. The number of aromatic nitrogens is 1. The molecule has 1 unspecified atom stereocenters. The lowest BCUT2D eigenvalue weighted by molar-refractivity contribution is -0.128. The molecule has 0 bridgehead atoms. The number of halogens is 1. The van der Waals surface area contributed by atoms with Crippen molar-refractivity contribution in [3.8, 4) is 5.75 Å². The molecule has 2 aromatic rings. The Balaban J connectivity index is 0.00000261. The third kappa shape index (κ3) is 5.92. The van der Waals surface area contributed by atoms with Gasteiger partial charge in [0.15, 0.2) is 0 Å². The molecule has 1 aliphatic heterocycles. The molecule has 146 valence electrons. The number of hydrogen-bond acceptors (Lipinski definition) is 6. The standard InChI is InChI=1S/C18H22N4O3S.ClH/c19-7-6-16-21-15(12-26-16)18(24)20-13-10-17(23)22(11-13)8-9-25-14-4-2-1-3-5-14;/h1-5,12-13H,6-11,19H2,(H,20,24);1H. The summed E-state index contributed by atoms with van der Waals surface area (Å²) in [6.45, 7) is 1.91. The molecular formula is C18H23ClN4O3S. The topological polar surface area (TPSA) is 97.5 Å². The molecule has 1 aliphatic rings. The van der Waals surface area contributed by atoms with Gasteiger partial charge >= 0.3 is 0 Å². The van der Waals surface area contributed by atoms with E-state index in [-0.39, 0.29) is 30.3 Å². The number of likely N-dealkylation sites (tertiary alicyclic amines) is 1. The SMILES string of the molecule is Cl.NCCc1nc(C(=O)NC2CC(=O)N(CCOc3ccccc3)C2)cs1. The van der Waals surface area contributed by atoms with Crippen molar-refractivity contribution in [2.75, 3.05) is 26.2 Å². The van der Waals surface area contributed by atoms with E-state index in [0.717, 1.165) is 10.8 Å². The Morgan fingerprint density at radius 1 is 1.37 bits per heavy atom. The highest BCUT2D eigenvalue weighted by atomic mass is 35.5. The van der Waals surface area contributed by atoms with Crippen molar-refractivity contribution in [2.45, 2.75) is 18.9 Å². The van der Waals surface area contributed by atoms with Crippen LogP contribution in [-0.2, 0) is 11.2 Å². The maximum Gasteiger partial charge on any atom is 0.271 e. The van der Waals surface area contributed by atoms with Crippen molar-refractivity contribution in [3.05, 3.63) is 46.4 Å². The van der Waals surface area contributed by atoms with Gasteiger partial charge in [-0.05, 0) is 18.7 Å². The molecule has 27 heavy (non-hydrogen) atoms. The van der Waals surface area contributed by atoms with Gasteiger partial charge in [0.25, 0.3) is 5.91 Å². The smallest absolute Gasteiger partial charge is 0.271 e. The minimum absolute atomic E-state index is 0. The van der Waals surface area contributed by atoms with Crippen LogP contribution < -0.4 is 15.8 Å². The molecular weight excluding hydrogens is 388 g/mol. The van der Waals surface area contributed by atoms with Gasteiger partial charge in [-0.3, -0.25) is 9.59 Å². The maximum absolute atomic E-state index is 12.3. The zero-order valence-corrected chi connectivity index (χ0v) is 16.4. The third-order valence-electron chi connectivity index (χ3n) is 4.07. The van der Waals surface area contributed by atoms with Gasteiger partial charge in [-0.25, -0.2) is 4.98 Å². The van der Waals surface area contributed by atoms with Crippen LogP contribution in [0.5, 0.6) is 5.75 Å². The molecule has 9 heteroatoms. The summed E-state index contributed by atoms with van der Waals surface area (Å²) in [4.78, 5) is 30.4. The molecule has 0 spiro atoms. The van der Waals surface area contributed by atoms with Gasteiger partial charge in [-0.1, -0.05) is 18.2 Å². The van der Waals surface area contributed by atoms with Gasteiger partial charge < -0.3 is 20.7 Å². The highest BCUT2D eigenvalue weighted by molar-refractivity contribution is 7.09. The number of nitrogens with zero attached hydrogens (tertiary/aromatic N) is 2. The largest absolute Gasteiger partial charge is 0.492 e. The number of benzene rings is 1. The number of carbonyl (C=O) groups is 2. The molecule has 0 aliphatic carbocycles. The van der Waals surface area contributed by atoms with E-state index in [2.05, 4.69) is 10.3 Å². The average Bonchev–Trinajstić information content (AvgIpc) is 3.23. The van der Waals surface area contributed by atoms with Crippen molar-refractivity contribution in [1.82, 2.24) is 15.2 Å². The lowest BCUT2D eigenvalue weighted by Gasteiger charge is -2.17. The van der Waals surface area contributed by atoms with Crippen LogP contribution >= 0.6 is 23.7 Å². The highest BCUT2D eigenvalue weighted by Crippen LogP contribution is 2.14. The molecule has 1 aromatic heterocycles. The monoisotopic (exact) mass is 410 g/mol. The highest BCUT2D eigenvalue weighted by Gasteiger charge is 2.30. The maximum atomic E-state index is 12.3. The quantitative estimate of drug-likeness (QED) is 0.686. The summed E-state index contributed by atoms with van der Waals surface area (Å²) >= 11 is 1.42. The van der Waals surface area contributed by atoms with Crippen LogP contribution in [0, 0.1) is 0 Å². The Morgan fingerprint density at radius 3 is 2.89 bits per heavy atom. The van der Waals surface area contributed by atoms with E-state index in [1.807, 2.05) is 30.3 Å². The number of nitrogens with one attached hydrogen (secondary N) is 1. The fourth-order valence-electron chi connectivity index (χ4n) is 2.79. The molecule has 2 amide bonds. The molecule has 2 heterocycles. The van der Waals surface area contributed by atoms with Crippen LogP contribution in [0.25, 0.3) is 0 Å². The van der Waals surface area contributed by atoms with E-state index in [1.54, 1.807) is 10.3 Å². The van der Waals surface area contributed by atoms with E-state index in [1.165, 1.54) is 11.3 Å². The average molecular weight is 411 g/mol. The predicted octanol–water partition coefficient (Wildman–Crippen LogP) is 1.48. The lowest BCUT2D eigenvalue weighted by atomic mass is 10.2. The van der Waals surface area contributed by atoms with E-state index in [9.17, 15) is 9.59 Å². The van der Waals surface area contributed by atoms with Crippen molar-refractivity contribution in [1.29, 1.82) is 0 Å². The molecule has 0 radical (unpaired) electrons. The van der Waals surface area contributed by atoms with Crippen LogP contribution in [0.2, 0.25) is 0 Å². The summed E-state index contributed by atoms with van der Waals surface area (Å²) in [5, 5.41) is 5.46. The summed E-state index contributed by atoms with van der Waals surface area (Å²) in [5.74, 6) is 0.555. The summed E-state index contributed by atoms with van der Waals surface area (Å²) < 4.78 is 5.63. The predicted molar refractivity (Wildman–Crippen MR) is 107 cm³/mol. The van der Waals surface area contributed by atoms with E-state index in [0.29, 0.717) is 44.8 Å². The normalized spacial score (nSPS) is 16.1. The number of ether oxygens (including phenoxy) is 1. The Morgan fingerprint density at radius 2 is 2.15 bits per heavy atom. The number of hydrogen-bond donors (Lipinski definition) is 2. The van der Waals surface area contributed by atoms with Gasteiger partial charge in [-0.15, -0.1) is 23.7 Å². The van der Waals surface area contributed by atoms with Gasteiger partial charge in [0.2, 0.25) is 5.91 Å². The third-order valence-corrected chi connectivity index (χ3v) is 4.97. The Hall–Kier alpha value is -2.16. The number of para-hydroxylation sites is 1. The first-order chi connectivity index (χ1) is 12.7. The summed E-state index contributed by atoms with van der Waals surface area (Å²) in [5.41, 5.74) is 5.88. The van der Waals surface area contributed by atoms with E-state index < -0.39 is 0 Å². The minimum Gasteiger partial charge on any atom is -0.492 e. The summed E-state index contributed by atoms with van der Waals surface area (Å²) in [7, 11) is 0. The van der Waals surface area contributed by atoms with Gasteiger partial charge in [-0.2, -0.15) is 0 Å². The Bertz CT molecular complexity index is 756. The van der Waals surface area contributed by atoms with Crippen molar-refractivity contribution in [3.63, 3.8) is 0 Å². The second-order valence-electron chi connectivity index (χ2n) is 6.04. The van der Waals surface area contributed by atoms with Crippen molar-refractivity contribution in [2.24, 2.45) is 5.73 Å². The molecule has 0 saturated carbocycles. The minimum atomic E-state index is -0.246. The van der Waals surface area contributed by atoms with Gasteiger partial charge in [0.1, 0.15) is 18.1 Å². The fourth-order valence-corrected chi connectivity index (χ4v) is 3.58.